The SMILES string of the molecule is CCOc1ccc(N=C2SCC(=O)N2c2ccc(Cl)cc2C(=O)c2ccccc2)cc1. The monoisotopic (exact) mass is 450 g/mol. The summed E-state index contributed by atoms with van der Waals surface area (Å²) in [5.41, 5.74) is 2.04. The molecule has 0 unspecified atom stereocenters. The van der Waals surface area contributed by atoms with Crippen molar-refractivity contribution in [3.8, 4) is 5.75 Å². The number of carbonyl (C=O) groups is 2. The Morgan fingerprint density at radius 2 is 1.84 bits per heavy atom. The normalized spacial score (nSPS) is 14.8. The van der Waals surface area contributed by atoms with Crippen molar-refractivity contribution in [2.24, 2.45) is 4.99 Å². The van der Waals surface area contributed by atoms with Crippen LogP contribution in [0, 0.1) is 0 Å². The number of amidine groups is 1. The fourth-order valence-corrected chi connectivity index (χ4v) is 4.26. The van der Waals surface area contributed by atoms with Gasteiger partial charge >= 0.3 is 0 Å². The number of anilines is 1. The highest BCUT2D eigenvalue weighted by molar-refractivity contribution is 8.15. The number of halogens is 1. The van der Waals surface area contributed by atoms with E-state index >= 15 is 0 Å². The maximum Gasteiger partial charge on any atom is 0.243 e. The number of rotatable bonds is 6. The molecule has 0 atom stereocenters. The Balaban J connectivity index is 1.73. The van der Waals surface area contributed by atoms with Gasteiger partial charge in [-0.05, 0) is 49.4 Å². The molecule has 0 aliphatic carbocycles. The van der Waals surface area contributed by atoms with Crippen molar-refractivity contribution in [2.75, 3.05) is 17.3 Å². The second kappa shape index (κ2) is 9.37. The first kappa shape index (κ1) is 21.2. The summed E-state index contributed by atoms with van der Waals surface area (Å²) in [5.74, 6) is 0.659. The summed E-state index contributed by atoms with van der Waals surface area (Å²) in [7, 11) is 0. The Hall–Kier alpha value is -3.09. The molecule has 0 aromatic heterocycles. The van der Waals surface area contributed by atoms with E-state index in [0.29, 0.717) is 39.3 Å². The van der Waals surface area contributed by atoms with Gasteiger partial charge in [0, 0.05) is 16.1 Å². The predicted octanol–water partition coefficient (Wildman–Crippen LogP) is 5.74. The third kappa shape index (κ3) is 4.65. The van der Waals surface area contributed by atoms with Crippen LogP contribution in [0.2, 0.25) is 5.02 Å². The van der Waals surface area contributed by atoms with E-state index in [2.05, 4.69) is 4.99 Å². The first-order valence-corrected chi connectivity index (χ1v) is 11.1. The predicted molar refractivity (Wildman–Crippen MR) is 126 cm³/mol. The molecular formula is C24H19ClN2O3S. The van der Waals surface area contributed by atoms with Crippen LogP contribution >= 0.6 is 23.4 Å². The van der Waals surface area contributed by atoms with Gasteiger partial charge in [0.15, 0.2) is 11.0 Å². The van der Waals surface area contributed by atoms with Gasteiger partial charge in [-0.1, -0.05) is 53.7 Å². The topological polar surface area (TPSA) is 59.0 Å². The van der Waals surface area contributed by atoms with E-state index in [4.69, 9.17) is 16.3 Å². The van der Waals surface area contributed by atoms with E-state index in [1.807, 2.05) is 37.3 Å². The Kier molecular flexibility index (Phi) is 6.39. The highest BCUT2D eigenvalue weighted by Crippen LogP contribution is 2.34. The van der Waals surface area contributed by atoms with Gasteiger partial charge in [-0.2, -0.15) is 0 Å². The van der Waals surface area contributed by atoms with Gasteiger partial charge in [0.1, 0.15) is 5.75 Å². The number of carbonyl (C=O) groups excluding carboxylic acids is 2. The molecule has 7 heteroatoms. The molecule has 1 aliphatic heterocycles. The van der Waals surface area contributed by atoms with E-state index in [1.54, 1.807) is 42.5 Å². The number of ketones is 1. The number of benzene rings is 3. The van der Waals surface area contributed by atoms with E-state index < -0.39 is 0 Å². The average Bonchev–Trinajstić information content (AvgIpc) is 3.15. The average molecular weight is 451 g/mol. The lowest BCUT2D eigenvalue weighted by atomic mass is 10.0. The molecule has 0 spiro atoms. The summed E-state index contributed by atoms with van der Waals surface area (Å²) < 4.78 is 5.47. The van der Waals surface area contributed by atoms with Crippen molar-refractivity contribution in [3.05, 3.63) is 88.9 Å². The zero-order valence-corrected chi connectivity index (χ0v) is 18.3. The summed E-state index contributed by atoms with van der Waals surface area (Å²) in [6.07, 6.45) is 0. The smallest absolute Gasteiger partial charge is 0.243 e. The number of thioether (sulfide) groups is 1. The van der Waals surface area contributed by atoms with Crippen LogP contribution in [0.5, 0.6) is 5.75 Å². The van der Waals surface area contributed by atoms with Crippen molar-refractivity contribution in [1.29, 1.82) is 0 Å². The number of nitrogens with zero attached hydrogens (tertiary/aromatic N) is 2. The first-order chi connectivity index (χ1) is 15.1. The van der Waals surface area contributed by atoms with Crippen molar-refractivity contribution < 1.29 is 14.3 Å². The van der Waals surface area contributed by atoms with Crippen molar-refractivity contribution in [2.45, 2.75) is 6.92 Å². The molecule has 3 aromatic carbocycles. The molecule has 0 saturated carbocycles. The zero-order valence-electron chi connectivity index (χ0n) is 16.7. The van der Waals surface area contributed by atoms with Crippen LogP contribution in [0.1, 0.15) is 22.8 Å². The molecular weight excluding hydrogens is 432 g/mol. The molecule has 1 saturated heterocycles. The van der Waals surface area contributed by atoms with Gasteiger partial charge in [-0.3, -0.25) is 14.5 Å². The quantitative estimate of drug-likeness (QED) is 0.449. The van der Waals surface area contributed by atoms with Crippen molar-refractivity contribution in [1.82, 2.24) is 0 Å². The van der Waals surface area contributed by atoms with Gasteiger partial charge in [-0.15, -0.1) is 0 Å². The molecule has 156 valence electrons. The molecule has 0 N–H and O–H groups in total. The summed E-state index contributed by atoms with van der Waals surface area (Å²) in [4.78, 5) is 32.1. The van der Waals surface area contributed by atoms with Crippen LogP contribution < -0.4 is 9.64 Å². The molecule has 31 heavy (non-hydrogen) atoms. The second-order valence-electron chi connectivity index (χ2n) is 6.70. The molecule has 4 rings (SSSR count). The Bertz CT molecular complexity index is 1150. The fourth-order valence-electron chi connectivity index (χ4n) is 3.21. The summed E-state index contributed by atoms with van der Waals surface area (Å²) >= 11 is 7.53. The number of amides is 1. The molecule has 3 aromatic rings. The highest BCUT2D eigenvalue weighted by atomic mass is 35.5. The third-order valence-electron chi connectivity index (χ3n) is 4.62. The minimum atomic E-state index is -0.205. The van der Waals surface area contributed by atoms with Gasteiger partial charge < -0.3 is 4.74 Å². The molecule has 1 aliphatic rings. The van der Waals surface area contributed by atoms with Crippen LogP contribution in [0.3, 0.4) is 0 Å². The minimum absolute atomic E-state index is 0.140. The Labute approximate surface area is 189 Å². The molecule has 5 nitrogen and oxygen atoms in total. The summed E-state index contributed by atoms with van der Waals surface area (Å²) in [6.45, 7) is 2.51. The molecule has 1 amide bonds. The number of hydrogen-bond acceptors (Lipinski definition) is 5. The lowest BCUT2D eigenvalue weighted by Crippen LogP contribution is -2.30. The van der Waals surface area contributed by atoms with Crippen molar-refractivity contribution >= 4 is 51.6 Å². The van der Waals surface area contributed by atoms with Gasteiger partial charge in [0.2, 0.25) is 5.91 Å². The number of ether oxygens (including phenoxy) is 1. The Morgan fingerprint density at radius 1 is 1.10 bits per heavy atom. The zero-order chi connectivity index (χ0) is 21.8. The van der Waals surface area contributed by atoms with Gasteiger partial charge in [-0.25, -0.2) is 4.99 Å². The summed E-state index contributed by atoms with van der Waals surface area (Å²) in [5, 5.41) is 0.936. The van der Waals surface area contributed by atoms with Crippen LogP contribution in [0.25, 0.3) is 0 Å². The first-order valence-electron chi connectivity index (χ1n) is 9.73. The number of hydrogen-bond donors (Lipinski definition) is 0. The van der Waals surface area contributed by atoms with E-state index in [1.165, 1.54) is 16.7 Å². The third-order valence-corrected chi connectivity index (χ3v) is 5.78. The maximum atomic E-state index is 13.2. The highest BCUT2D eigenvalue weighted by Gasteiger charge is 2.32. The van der Waals surface area contributed by atoms with Crippen LogP contribution in [-0.2, 0) is 4.79 Å². The number of aliphatic imine (C=N–C) groups is 1. The van der Waals surface area contributed by atoms with Crippen LogP contribution in [0.15, 0.2) is 77.8 Å². The van der Waals surface area contributed by atoms with Gasteiger partial charge in [0.05, 0.1) is 23.7 Å². The standard InChI is InChI=1S/C24H19ClN2O3S/c1-2-30-19-11-9-18(10-12-19)26-24-27(22(28)15-31-24)21-13-8-17(25)14-20(21)23(29)16-6-4-3-5-7-16/h3-14H,2,15H2,1H3. The molecule has 0 bridgehead atoms. The summed E-state index contributed by atoms with van der Waals surface area (Å²) in [6, 6.07) is 21.2. The molecule has 0 radical (unpaired) electrons. The maximum absolute atomic E-state index is 13.2. The lowest BCUT2D eigenvalue weighted by molar-refractivity contribution is -0.115. The second-order valence-corrected chi connectivity index (χ2v) is 8.07. The molecule has 1 fully saturated rings. The van der Waals surface area contributed by atoms with E-state index in [9.17, 15) is 9.59 Å². The largest absolute Gasteiger partial charge is 0.494 e. The Morgan fingerprint density at radius 3 is 2.55 bits per heavy atom. The van der Waals surface area contributed by atoms with Gasteiger partial charge in [0.25, 0.3) is 0 Å². The van der Waals surface area contributed by atoms with Crippen LogP contribution in [0.4, 0.5) is 11.4 Å². The van der Waals surface area contributed by atoms with Crippen LogP contribution in [-0.4, -0.2) is 29.2 Å². The van der Waals surface area contributed by atoms with E-state index in [0.717, 1.165) is 5.75 Å². The lowest BCUT2D eigenvalue weighted by Gasteiger charge is -2.20. The van der Waals surface area contributed by atoms with Crippen molar-refractivity contribution in [3.63, 3.8) is 0 Å². The fraction of sp³-hybridized carbons (Fsp3) is 0.125. The molecule has 1 heterocycles. The minimum Gasteiger partial charge on any atom is -0.494 e. The van der Waals surface area contributed by atoms with E-state index in [-0.39, 0.29) is 17.4 Å².